The number of anilines is 2. The Bertz CT molecular complexity index is 770. The Morgan fingerprint density at radius 3 is 2.09 bits per heavy atom. The summed E-state index contributed by atoms with van der Waals surface area (Å²) >= 11 is 3.39. The lowest BCUT2D eigenvalue weighted by Crippen LogP contribution is -2.46. The van der Waals surface area contributed by atoms with E-state index in [1.807, 2.05) is 12.1 Å². The van der Waals surface area contributed by atoms with E-state index < -0.39 is 10.0 Å². The first-order valence-electron chi connectivity index (χ1n) is 7.18. The zero-order chi connectivity index (χ0) is 16.4. The van der Waals surface area contributed by atoms with Crippen LogP contribution in [-0.2, 0) is 10.0 Å². The molecule has 1 fully saturated rings. The summed E-state index contributed by atoms with van der Waals surface area (Å²) in [6, 6.07) is 10.7. The molecule has 1 saturated heterocycles. The van der Waals surface area contributed by atoms with Gasteiger partial charge in [0.1, 0.15) is 5.82 Å². The van der Waals surface area contributed by atoms with Gasteiger partial charge in [-0.25, -0.2) is 18.5 Å². The van der Waals surface area contributed by atoms with Gasteiger partial charge in [0.25, 0.3) is 0 Å². The highest BCUT2D eigenvalue weighted by atomic mass is 79.9. The predicted octanol–water partition coefficient (Wildman–Crippen LogP) is 1.82. The lowest BCUT2D eigenvalue weighted by Gasteiger charge is -2.36. The third-order valence-corrected chi connectivity index (χ3v) is 5.24. The molecule has 2 heterocycles. The van der Waals surface area contributed by atoms with Crippen molar-refractivity contribution >= 4 is 37.5 Å². The number of sulfonamides is 1. The Morgan fingerprint density at radius 1 is 0.957 bits per heavy atom. The topological polar surface area (TPSA) is 79.5 Å². The van der Waals surface area contributed by atoms with Gasteiger partial charge in [-0.05, 0) is 52.3 Å². The van der Waals surface area contributed by atoms with E-state index in [0.29, 0.717) is 0 Å². The maximum absolute atomic E-state index is 11.3. The van der Waals surface area contributed by atoms with Crippen LogP contribution in [0.1, 0.15) is 0 Å². The van der Waals surface area contributed by atoms with Gasteiger partial charge in [0.2, 0.25) is 10.0 Å². The first kappa shape index (κ1) is 16.2. The van der Waals surface area contributed by atoms with E-state index in [2.05, 4.69) is 30.7 Å². The van der Waals surface area contributed by atoms with Crippen molar-refractivity contribution < 1.29 is 8.42 Å². The predicted molar refractivity (Wildman–Crippen MR) is 94.2 cm³/mol. The van der Waals surface area contributed by atoms with E-state index >= 15 is 0 Å². The van der Waals surface area contributed by atoms with Gasteiger partial charge in [-0.3, -0.25) is 0 Å². The first-order valence-corrected chi connectivity index (χ1v) is 9.52. The number of rotatable bonds is 3. The molecule has 0 radical (unpaired) electrons. The van der Waals surface area contributed by atoms with Gasteiger partial charge >= 0.3 is 0 Å². The fraction of sp³-hybridized carbons (Fsp3) is 0.267. The fourth-order valence-electron chi connectivity index (χ4n) is 2.60. The number of piperazine rings is 1. The zero-order valence-electron chi connectivity index (χ0n) is 12.4. The SMILES string of the molecule is NS(=O)(=O)c1ccc(N2CCN(c3ccc(Br)cn3)CC2)cc1. The van der Waals surface area contributed by atoms with Crippen LogP contribution in [-0.4, -0.2) is 39.6 Å². The van der Waals surface area contributed by atoms with Crippen molar-refractivity contribution in [3.8, 4) is 0 Å². The molecule has 0 atom stereocenters. The van der Waals surface area contributed by atoms with Crippen molar-refractivity contribution in [3.63, 3.8) is 0 Å². The molecule has 0 saturated carbocycles. The van der Waals surface area contributed by atoms with Gasteiger partial charge in [-0.1, -0.05) is 0 Å². The van der Waals surface area contributed by atoms with Crippen molar-refractivity contribution in [2.45, 2.75) is 4.90 Å². The minimum absolute atomic E-state index is 0.138. The summed E-state index contributed by atoms with van der Waals surface area (Å²) in [7, 11) is -3.64. The van der Waals surface area contributed by atoms with Crippen LogP contribution in [0.2, 0.25) is 0 Å². The van der Waals surface area contributed by atoms with Gasteiger partial charge in [-0.2, -0.15) is 0 Å². The van der Waals surface area contributed by atoms with Crippen molar-refractivity contribution in [2.24, 2.45) is 5.14 Å². The van der Waals surface area contributed by atoms with Crippen LogP contribution in [0.5, 0.6) is 0 Å². The number of primary sulfonamides is 1. The van der Waals surface area contributed by atoms with Crippen LogP contribution >= 0.6 is 15.9 Å². The van der Waals surface area contributed by atoms with Gasteiger partial charge in [0.05, 0.1) is 4.90 Å². The number of aromatic nitrogens is 1. The van der Waals surface area contributed by atoms with E-state index in [1.54, 1.807) is 30.5 Å². The summed E-state index contributed by atoms with van der Waals surface area (Å²) in [5, 5.41) is 5.12. The molecule has 1 aromatic carbocycles. The minimum Gasteiger partial charge on any atom is -0.368 e. The summed E-state index contributed by atoms with van der Waals surface area (Å²) < 4.78 is 23.6. The second kappa shape index (κ2) is 6.46. The van der Waals surface area contributed by atoms with E-state index in [9.17, 15) is 8.42 Å². The van der Waals surface area contributed by atoms with Gasteiger partial charge in [0.15, 0.2) is 0 Å². The molecule has 122 valence electrons. The molecule has 0 bridgehead atoms. The number of pyridine rings is 1. The maximum atomic E-state index is 11.3. The largest absolute Gasteiger partial charge is 0.368 e. The molecule has 2 N–H and O–H groups in total. The van der Waals surface area contributed by atoms with Crippen LogP contribution in [0.3, 0.4) is 0 Å². The molecule has 8 heteroatoms. The van der Waals surface area contributed by atoms with Gasteiger partial charge < -0.3 is 9.80 Å². The Labute approximate surface area is 144 Å². The van der Waals surface area contributed by atoms with Crippen molar-refractivity contribution in [1.29, 1.82) is 0 Å². The third-order valence-electron chi connectivity index (χ3n) is 3.85. The van der Waals surface area contributed by atoms with Crippen molar-refractivity contribution in [1.82, 2.24) is 4.98 Å². The summed E-state index contributed by atoms with van der Waals surface area (Å²) in [5.74, 6) is 0.970. The summed E-state index contributed by atoms with van der Waals surface area (Å²) in [6.07, 6.45) is 1.80. The van der Waals surface area contributed by atoms with Gasteiger partial charge in [-0.15, -0.1) is 0 Å². The molecular formula is C15H17BrN4O2S. The quantitative estimate of drug-likeness (QED) is 0.855. The van der Waals surface area contributed by atoms with E-state index in [1.165, 1.54) is 0 Å². The Morgan fingerprint density at radius 2 is 1.57 bits per heavy atom. The van der Waals surface area contributed by atoms with E-state index in [-0.39, 0.29) is 4.90 Å². The first-order chi connectivity index (χ1) is 10.9. The summed E-state index contributed by atoms with van der Waals surface area (Å²) in [4.78, 5) is 9.02. The van der Waals surface area contributed by atoms with Crippen LogP contribution < -0.4 is 14.9 Å². The lowest BCUT2D eigenvalue weighted by molar-refractivity contribution is 0.597. The van der Waals surface area contributed by atoms with Crippen LogP contribution in [0.4, 0.5) is 11.5 Å². The maximum Gasteiger partial charge on any atom is 0.238 e. The molecule has 23 heavy (non-hydrogen) atoms. The molecule has 0 aliphatic carbocycles. The lowest BCUT2D eigenvalue weighted by atomic mass is 10.2. The van der Waals surface area contributed by atoms with Crippen LogP contribution in [0.25, 0.3) is 0 Å². The Kier molecular flexibility index (Phi) is 4.56. The monoisotopic (exact) mass is 396 g/mol. The van der Waals surface area contributed by atoms with Crippen LogP contribution in [0.15, 0.2) is 52.0 Å². The van der Waals surface area contributed by atoms with Gasteiger partial charge in [0, 0.05) is 42.5 Å². The number of hydrogen-bond acceptors (Lipinski definition) is 5. The number of benzene rings is 1. The molecule has 3 rings (SSSR count). The molecule has 0 spiro atoms. The average Bonchev–Trinajstić information content (AvgIpc) is 2.55. The molecule has 1 aliphatic heterocycles. The van der Waals surface area contributed by atoms with Crippen molar-refractivity contribution in [3.05, 3.63) is 47.1 Å². The fourth-order valence-corrected chi connectivity index (χ4v) is 3.35. The molecular weight excluding hydrogens is 380 g/mol. The second-order valence-electron chi connectivity index (χ2n) is 5.35. The highest BCUT2D eigenvalue weighted by Crippen LogP contribution is 2.21. The molecule has 0 amide bonds. The molecule has 2 aromatic rings. The smallest absolute Gasteiger partial charge is 0.238 e. The number of hydrogen-bond donors (Lipinski definition) is 1. The summed E-state index contributed by atoms with van der Waals surface area (Å²) in [6.45, 7) is 3.44. The Hall–Kier alpha value is -1.64. The molecule has 1 aromatic heterocycles. The van der Waals surface area contributed by atoms with Crippen molar-refractivity contribution in [2.75, 3.05) is 36.0 Å². The second-order valence-corrected chi connectivity index (χ2v) is 7.82. The number of nitrogens with two attached hydrogens (primary N) is 1. The molecule has 0 unspecified atom stereocenters. The van der Waals surface area contributed by atoms with E-state index in [4.69, 9.17) is 5.14 Å². The highest BCUT2D eigenvalue weighted by molar-refractivity contribution is 9.10. The molecule has 6 nitrogen and oxygen atoms in total. The van der Waals surface area contributed by atoms with E-state index in [0.717, 1.165) is 42.2 Å². The normalized spacial score (nSPS) is 15.7. The standard InChI is InChI=1S/C15H17BrN4O2S/c16-12-1-6-15(18-11-12)20-9-7-19(8-10-20)13-2-4-14(5-3-13)23(17,21)22/h1-6,11H,7-10H2,(H2,17,21,22). The Balaban J connectivity index is 1.66. The third kappa shape index (κ3) is 3.82. The number of halogens is 1. The minimum atomic E-state index is -3.64. The average molecular weight is 397 g/mol. The summed E-state index contributed by atoms with van der Waals surface area (Å²) in [5.41, 5.74) is 1.00. The van der Waals surface area contributed by atoms with Crippen LogP contribution in [0, 0.1) is 0 Å². The zero-order valence-corrected chi connectivity index (χ0v) is 14.8. The molecule has 1 aliphatic rings. The number of nitrogens with zero attached hydrogens (tertiary/aromatic N) is 3. The highest BCUT2D eigenvalue weighted by Gasteiger charge is 2.18.